The molecule has 0 aliphatic rings. The molecule has 5 nitrogen and oxygen atoms in total. The second-order valence-corrected chi connectivity index (χ2v) is 6.32. The molecule has 3 aromatic rings. The number of hydrogen-bond acceptors (Lipinski definition) is 5. The van der Waals surface area contributed by atoms with Crippen LogP contribution in [-0.2, 0) is 4.74 Å². The van der Waals surface area contributed by atoms with E-state index < -0.39 is 5.97 Å². The smallest absolute Gasteiger partial charge is 0.348 e. The Kier molecular flexibility index (Phi) is 5.00. The molecule has 0 spiro atoms. The Bertz CT molecular complexity index is 932. The van der Waals surface area contributed by atoms with Gasteiger partial charge in [-0.05, 0) is 42.0 Å². The van der Waals surface area contributed by atoms with Gasteiger partial charge in [-0.25, -0.2) is 4.79 Å². The number of fused-ring (bicyclic) bond motifs is 1. The van der Waals surface area contributed by atoms with Gasteiger partial charge in [0.05, 0.1) is 24.3 Å². The lowest BCUT2D eigenvalue weighted by atomic mass is 10.1. The molecule has 1 amide bonds. The Hall–Kier alpha value is -2.86. The normalized spacial score (nSPS) is 10.5. The van der Waals surface area contributed by atoms with Crippen LogP contribution in [0.15, 0.2) is 48.5 Å². The first-order valence-electron chi connectivity index (χ1n) is 7.77. The number of anilines is 1. The molecule has 0 atom stereocenters. The second-order valence-electron chi connectivity index (χ2n) is 5.24. The number of carbonyl (C=O) groups excluding carboxylic acids is 2. The first-order chi connectivity index (χ1) is 12.1. The minimum Gasteiger partial charge on any atom is -0.493 e. The number of amides is 1. The Morgan fingerprint density at radius 2 is 1.80 bits per heavy atom. The Morgan fingerprint density at radius 3 is 2.48 bits per heavy atom. The summed E-state index contributed by atoms with van der Waals surface area (Å²) in [6, 6.07) is 14.8. The van der Waals surface area contributed by atoms with Crippen LogP contribution in [0.25, 0.3) is 10.8 Å². The van der Waals surface area contributed by atoms with Crippen molar-refractivity contribution in [2.75, 3.05) is 19.0 Å². The molecule has 1 N–H and O–H groups in total. The third-order valence-corrected chi connectivity index (χ3v) is 4.60. The van der Waals surface area contributed by atoms with Crippen LogP contribution in [0.5, 0.6) is 5.75 Å². The molecule has 1 heterocycles. The van der Waals surface area contributed by atoms with E-state index in [0.29, 0.717) is 27.8 Å². The summed E-state index contributed by atoms with van der Waals surface area (Å²) in [6.07, 6.45) is 0. The number of nitrogens with one attached hydrogen (secondary N) is 1. The average molecular weight is 355 g/mol. The monoisotopic (exact) mass is 355 g/mol. The van der Waals surface area contributed by atoms with Crippen LogP contribution in [0.1, 0.15) is 27.0 Å². The van der Waals surface area contributed by atoms with Crippen LogP contribution in [0.4, 0.5) is 5.00 Å². The molecule has 1 aromatic heterocycles. The fraction of sp³-hybridized carbons (Fsp3) is 0.158. The van der Waals surface area contributed by atoms with Crippen molar-refractivity contribution in [2.24, 2.45) is 0 Å². The van der Waals surface area contributed by atoms with Gasteiger partial charge in [-0.2, -0.15) is 0 Å². The van der Waals surface area contributed by atoms with Crippen molar-refractivity contribution in [1.82, 2.24) is 0 Å². The van der Waals surface area contributed by atoms with Crippen molar-refractivity contribution >= 4 is 39.0 Å². The highest BCUT2D eigenvalue weighted by atomic mass is 32.1. The zero-order chi connectivity index (χ0) is 17.8. The molecule has 2 aromatic carbocycles. The van der Waals surface area contributed by atoms with Gasteiger partial charge in [0.25, 0.3) is 5.91 Å². The summed E-state index contributed by atoms with van der Waals surface area (Å²) in [5.74, 6) is -0.179. The molecule has 6 heteroatoms. The van der Waals surface area contributed by atoms with Crippen molar-refractivity contribution in [3.8, 4) is 5.75 Å². The molecule has 0 saturated heterocycles. The van der Waals surface area contributed by atoms with Crippen molar-refractivity contribution in [3.05, 3.63) is 59.0 Å². The van der Waals surface area contributed by atoms with Gasteiger partial charge in [-0.15, -0.1) is 11.3 Å². The quantitative estimate of drug-likeness (QED) is 0.692. The van der Waals surface area contributed by atoms with Gasteiger partial charge in [-0.3, -0.25) is 4.79 Å². The van der Waals surface area contributed by atoms with Gasteiger partial charge in [0.1, 0.15) is 10.6 Å². The molecule has 0 aliphatic heterocycles. The first-order valence-corrected chi connectivity index (χ1v) is 8.59. The summed E-state index contributed by atoms with van der Waals surface area (Å²) in [4.78, 5) is 24.7. The highest BCUT2D eigenvalue weighted by Crippen LogP contribution is 2.29. The summed E-state index contributed by atoms with van der Waals surface area (Å²) >= 11 is 1.16. The largest absolute Gasteiger partial charge is 0.493 e. The summed E-state index contributed by atoms with van der Waals surface area (Å²) in [5, 5.41) is 5.35. The fourth-order valence-electron chi connectivity index (χ4n) is 2.47. The van der Waals surface area contributed by atoms with Crippen LogP contribution < -0.4 is 10.1 Å². The molecule has 128 valence electrons. The molecule has 3 rings (SSSR count). The maximum Gasteiger partial charge on any atom is 0.348 e. The van der Waals surface area contributed by atoms with Gasteiger partial charge in [0, 0.05) is 0 Å². The number of methoxy groups -OCH3 is 1. The fourth-order valence-corrected chi connectivity index (χ4v) is 3.29. The predicted molar refractivity (Wildman–Crippen MR) is 98.7 cm³/mol. The van der Waals surface area contributed by atoms with Gasteiger partial charge in [0.2, 0.25) is 0 Å². The van der Waals surface area contributed by atoms with Crippen LogP contribution in [0, 0.1) is 0 Å². The van der Waals surface area contributed by atoms with Gasteiger partial charge in [-0.1, -0.05) is 24.3 Å². The lowest BCUT2D eigenvalue weighted by Crippen LogP contribution is -2.13. The molecule has 0 bridgehead atoms. The summed E-state index contributed by atoms with van der Waals surface area (Å²) in [5.41, 5.74) is 0.452. The predicted octanol–water partition coefficient (Wildman–Crippen LogP) is 4.34. The molecular weight excluding hydrogens is 338 g/mol. The van der Waals surface area contributed by atoms with E-state index in [0.717, 1.165) is 22.1 Å². The van der Waals surface area contributed by atoms with E-state index in [-0.39, 0.29) is 5.91 Å². The van der Waals surface area contributed by atoms with Crippen LogP contribution in [0.2, 0.25) is 0 Å². The molecular formula is C19H17NO4S. The van der Waals surface area contributed by atoms with Crippen LogP contribution >= 0.6 is 11.3 Å². The second kappa shape index (κ2) is 7.36. The Labute approximate surface area is 149 Å². The molecule has 0 fully saturated rings. The standard InChI is InChI=1S/C19H17NO4S/c1-3-24-15-11-13-7-5-4-6-12(13)10-14(15)18(21)20-17-9-8-16(25-17)19(22)23-2/h4-11H,3H2,1-2H3,(H,20,21). The maximum absolute atomic E-state index is 12.7. The van der Waals surface area contributed by atoms with Gasteiger partial charge >= 0.3 is 5.97 Å². The first kappa shape index (κ1) is 17.0. The molecule has 0 radical (unpaired) electrons. The summed E-state index contributed by atoms with van der Waals surface area (Å²) in [6.45, 7) is 2.34. The molecule has 0 unspecified atom stereocenters. The van der Waals surface area contributed by atoms with E-state index >= 15 is 0 Å². The lowest BCUT2D eigenvalue weighted by Gasteiger charge is -2.11. The highest BCUT2D eigenvalue weighted by molar-refractivity contribution is 7.18. The molecule has 0 saturated carbocycles. The third kappa shape index (κ3) is 3.64. The number of esters is 1. The van der Waals surface area contributed by atoms with E-state index in [1.54, 1.807) is 12.1 Å². The number of benzene rings is 2. The topological polar surface area (TPSA) is 64.6 Å². The zero-order valence-electron chi connectivity index (χ0n) is 13.9. The van der Waals surface area contributed by atoms with E-state index in [1.807, 2.05) is 43.3 Å². The summed E-state index contributed by atoms with van der Waals surface area (Å²) in [7, 11) is 1.32. The van der Waals surface area contributed by atoms with E-state index in [2.05, 4.69) is 10.1 Å². The Morgan fingerprint density at radius 1 is 1.08 bits per heavy atom. The SMILES string of the molecule is CCOc1cc2ccccc2cc1C(=O)Nc1ccc(C(=O)OC)s1. The van der Waals surface area contributed by atoms with Crippen molar-refractivity contribution in [2.45, 2.75) is 6.92 Å². The minimum absolute atomic E-state index is 0.285. The third-order valence-electron chi connectivity index (χ3n) is 3.62. The maximum atomic E-state index is 12.7. The number of thiophene rings is 1. The van der Waals surface area contributed by atoms with Gasteiger partial charge in [0.15, 0.2) is 0 Å². The van der Waals surface area contributed by atoms with E-state index in [9.17, 15) is 9.59 Å². The van der Waals surface area contributed by atoms with Crippen molar-refractivity contribution in [3.63, 3.8) is 0 Å². The minimum atomic E-state index is -0.425. The van der Waals surface area contributed by atoms with E-state index in [4.69, 9.17) is 4.74 Å². The van der Waals surface area contributed by atoms with Gasteiger partial charge < -0.3 is 14.8 Å². The van der Waals surface area contributed by atoms with E-state index in [1.165, 1.54) is 7.11 Å². The summed E-state index contributed by atoms with van der Waals surface area (Å²) < 4.78 is 10.3. The lowest BCUT2D eigenvalue weighted by molar-refractivity contribution is 0.0606. The Balaban J connectivity index is 1.91. The number of rotatable bonds is 5. The number of carbonyl (C=O) groups is 2. The van der Waals surface area contributed by atoms with Crippen LogP contribution in [-0.4, -0.2) is 25.6 Å². The van der Waals surface area contributed by atoms with Crippen molar-refractivity contribution < 1.29 is 19.1 Å². The van der Waals surface area contributed by atoms with Crippen LogP contribution in [0.3, 0.4) is 0 Å². The zero-order valence-corrected chi connectivity index (χ0v) is 14.7. The molecule has 25 heavy (non-hydrogen) atoms. The number of hydrogen-bond donors (Lipinski definition) is 1. The molecule has 0 aliphatic carbocycles. The number of ether oxygens (including phenoxy) is 2. The highest BCUT2D eigenvalue weighted by Gasteiger charge is 2.16. The van der Waals surface area contributed by atoms with Crippen molar-refractivity contribution in [1.29, 1.82) is 0 Å². The average Bonchev–Trinajstić information content (AvgIpc) is 3.09.